The summed E-state index contributed by atoms with van der Waals surface area (Å²) in [5, 5.41) is 21.0. The molecule has 9 heteroatoms. The normalized spacial score (nSPS) is 17.0. The number of carbonyl (C=O) groups excluding carboxylic acids is 2. The van der Waals surface area contributed by atoms with Crippen molar-refractivity contribution < 1.29 is 24.4 Å². The Hall–Kier alpha value is -3.30. The first-order chi connectivity index (χ1) is 15.4. The van der Waals surface area contributed by atoms with E-state index in [0.29, 0.717) is 31.6 Å². The molecule has 9 nitrogen and oxygen atoms in total. The number of aliphatic hydroxyl groups excluding tert-OH is 1. The van der Waals surface area contributed by atoms with Gasteiger partial charge in [0.2, 0.25) is 5.91 Å². The molecule has 2 aromatic rings. The van der Waals surface area contributed by atoms with E-state index in [-0.39, 0.29) is 24.6 Å². The highest BCUT2D eigenvalue weighted by Crippen LogP contribution is 2.25. The van der Waals surface area contributed by atoms with Crippen LogP contribution in [0.5, 0.6) is 0 Å². The molecule has 0 spiro atoms. The minimum atomic E-state index is -0.556. The molecular weight excluding hydrogens is 414 g/mol. The van der Waals surface area contributed by atoms with Gasteiger partial charge in [0, 0.05) is 31.8 Å². The number of likely N-dealkylation sites (tertiary alicyclic amines) is 1. The van der Waals surface area contributed by atoms with E-state index in [4.69, 9.17) is 4.74 Å². The molecule has 2 aromatic carbocycles. The molecule has 1 heterocycles. The van der Waals surface area contributed by atoms with Gasteiger partial charge in [-0.1, -0.05) is 42.5 Å². The zero-order valence-electron chi connectivity index (χ0n) is 17.9. The third-order valence-electron chi connectivity index (χ3n) is 5.56. The molecule has 32 heavy (non-hydrogen) atoms. The number of esters is 1. The van der Waals surface area contributed by atoms with Crippen molar-refractivity contribution in [3.8, 4) is 0 Å². The quantitative estimate of drug-likeness (QED) is 0.359. The van der Waals surface area contributed by atoms with E-state index >= 15 is 0 Å². The molecule has 1 aliphatic heterocycles. The Kier molecular flexibility index (Phi) is 7.91. The van der Waals surface area contributed by atoms with Crippen molar-refractivity contribution in [3.63, 3.8) is 0 Å². The molecule has 1 N–H and O–H groups in total. The van der Waals surface area contributed by atoms with Crippen LogP contribution in [0.25, 0.3) is 0 Å². The van der Waals surface area contributed by atoms with E-state index in [9.17, 15) is 24.8 Å². The molecule has 2 atom stereocenters. The largest absolute Gasteiger partial charge is 0.468 e. The van der Waals surface area contributed by atoms with Crippen LogP contribution in [-0.2, 0) is 20.7 Å². The van der Waals surface area contributed by atoms with Gasteiger partial charge in [0.1, 0.15) is 6.54 Å². The summed E-state index contributed by atoms with van der Waals surface area (Å²) < 4.78 is 4.83. The lowest BCUT2D eigenvalue weighted by Crippen LogP contribution is -2.44. The highest BCUT2D eigenvalue weighted by Gasteiger charge is 2.31. The number of amides is 1. The van der Waals surface area contributed by atoms with Gasteiger partial charge in [-0.05, 0) is 17.5 Å². The lowest BCUT2D eigenvalue weighted by molar-refractivity contribution is -0.384. The Labute approximate surface area is 186 Å². The van der Waals surface area contributed by atoms with Crippen molar-refractivity contribution in [1.29, 1.82) is 0 Å². The Morgan fingerprint density at radius 1 is 1.25 bits per heavy atom. The van der Waals surface area contributed by atoms with E-state index in [1.54, 1.807) is 6.07 Å². The van der Waals surface area contributed by atoms with Crippen molar-refractivity contribution in [2.75, 3.05) is 33.3 Å². The third kappa shape index (κ3) is 6.12. The minimum absolute atomic E-state index is 0.0926. The number of β-amino-alcohol motifs (C(OH)–C–C–N with tert-alkyl or cyclic N) is 1. The molecular formula is C23H27N3O6. The Balaban J connectivity index is 1.90. The Bertz CT molecular complexity index is 952. The van der Waals surface area contributed by atoms with Crippen LogP contribution < -0.4 is 0 Å². The number of nitro benzene ring substituents is 1. The van der Waals surface area contributed by atoms with Crippen molar-refractivity contribution in [2.24, 2.45) is 0 Å². The fourth-order valence-corrected chi connectivity index (χ4v) is 3.91. The summed E-state index contributed by atoms with van der Waals surface area (Å²) in [7, 11) is 1.26. The number of benzene rings is 2. The molecule has 2 unspecified atom stereocenters. The van der Waals surface area contributed by atoms with E-state index in [1.807, 2.05) is 30.3 Å². The monoisotopic (exact) mass is 441 g/mol. The van der Waals surface area contributed by atoms with Crippen LogP contribution in [0.1, 0.15) is 23.6 Å². The third-order valence-corrected chi connectivity index (χ3v) is 5.56. The van der Waals surface area contributed by atoms with Gasteiger partial charge in [-0.25, -0.2) is 0 Å². The first-order valence-corrected chi connectivity index (χ1v) is 10.4. The second-order valence-electron chi connectivity index (χ2n) is 7.83. The summed E-state index contributed by atoms with van der Waals surface area (Å²) in [6, 6.07) is 14.8. The van der Waals surface area contributed by atoms with E-state index in [1.165, 1.54) is 30.2 Å². The van der Waals surface area contributed by atoms with Crippen LogP contribution in [0.3, 0.4) is 0 Å². The predicted octanol–water partition coefficient (Wildman–Crippen LogP) is 1.95. The van der Waals surface area contributed by atoms with Crippen LogP contribution >= 0.6 is 0 Å². The molecule has 1 saturated heterocycles. The molecule has 0 aliphatic carbocycles. The summed E-state index contributed by atoms with van der Waals surface area (Å²) in [5.41, 5.74) is 1.24. The second-order valence-corrected chi connectivity index (χ2v) is 7.83. The summed E-state index contributed by atoms with van der Waals surface area (Å²) in [6.45, 7) is 1.38. The average Bonchev–Trinajstić information content (AvgIpc) is 3.21. The molecule has 0 aromatic heterocycles. The minimum Gasteiger partial charge on any atom is -0.468 e. The van der Waals surface area contributed by atoms with Crippen LogP contribution in [0.2, 0.25) is 0 Å². The van der Waals surface area contributed by atoms with E-state index in [0.717, 1.165) is 5.56 Å². The number of hydrogen-bond donors (Lipinski definition) is 1. The number of ether oxygens (including phenoxy) is 1. The number of methoxy groups -OCH3 is 1. The Morgan fingerprint density at radius 3 is 2.62 bits per heavy atom. The second kappa shape index (κ2) is 10.8. The molecule has 0 radical (unpaired) electrons. The molecule has 1 aliphatic rings. The maximum absolute atomic E-state index is 13.4. The number of hydrogen-bond acceptors (Lipinski definition) is 7. The number of nitro groups is 1. The smallest absolute Gasteiger partial charge is 0.325 e. The summed E-state index contributed by atoms with van der Waals surface area (Å²) in [5.74, 6) is -0.899. The highest BCUT2D eigenvalue weighted by atomic mass is 16.6. The first-order valence-electron chi connectivity index (χ1n) is 10.4. The fourth-order valence-electron chi connectivity index (χ4n) is 3.91. The molecule has 170 valence electrons. The van der Waals surface area contributed by atoms with Gasteiger partial charge in [-0.3, -0.25) is 24.6 Å². The van der Waals surface area contributed by atoms with Crippen LogP contribution in [0, 0.1) is 10.1 Å². The molecule has 1 fully saturated rings. The number of aliphatic hydroxyl groups is 1. The van der Waals surface area contributed by atoms with Crippen molar-refractivity contribution >= 4 is 17.6 Å². The van der Waals surface area contributed by atoms with E-state index in [2.05, 4.69) is 4.90 Å². The topological polar surface area (TPSA) is 113 Å². The first kappa shape index (κ1) is 23.4. The van der Waals surface area contributed by atoms with Gasteiger partial charge in [0.25, 0.3) is 5.69 Å². The van der Waals surface area contributed by atoms with Gasteiger partial charge in [0.15, 0.2) is 0 Å². The van der Waals surface area contributed by atoms with Gasteiger partial charge in [0.05, 0.1) is 30.6 Å². The van der Waals surface area contributed by atoms with Gasteiger partial charge in [-0.15, -0.1) is 0 Å². The maximum Gasteiger partial charge on any atom is 0.325 e. The average molecular weight is 441 g/mol. The van der Waals surface area contributed by atoms with Gasteiger partial charge < -0.3 is 14.7 Å². The molecule has 0 saturated carbocycles. The SMILES string of the molecule is COC(=O)CN(C(=O)Cc1cccc([N+](=O)[O-])c1)C(CN1CCC(O)C1)c1ccccc1. The van der Waals surface area contributed by atoms with Crippen LogP contribution in [0.15, 0.2) is 54.6 Å². The zero-order valence-corrected chi connectivity index (χ0v) is 17.9. The fraction of sp³-hybridized carbons (Fsp3) is 0.391. The number of nitrogens with zero attached hydrogens (tertiary/aromatic N) is 3. The highest BCUT2D eigenvalue weighted by molar-refractivity contribution is 5.84. The number of carbonyl (C=O) groups is 2. The summed E-state index contributed by atoms with van der Waals surface area (Å²) in [6.07, 6.45) is 0.145. The number of rotatable bonds is 9. The molecule has 0 bridgehead atoms. The summed E-state index contributed by atoms with van der Waals surface area (Å²) in [4.78, 5) is 39.7. The maximum atomic E-state index is 13.4. The van der Waals surface area contributed by atoms with Crippen molar-refractivity contribution in [2.45, 2.75) is 25.0 Å². The Morgan fingerprint density at radius 2 is 2.00 bits per heavy atom. The zero-order chi connectivity index (χ0) is 23.1. The number of non-ortho nitro benzene ring substituents is 1. The van der Waals surface area contributed by atoms with E-state index < -0.39 is 23.0 Å². The lowest BCUT2D eigenvalue weighted by Gasteiger charge is -2.34. The lowest BCUT2D eigenvalue weighted by atomic mass is 10.0. The molecule has 1 amide bonds. The van der Waals surface area contributed by atoms with Gasteiger partial charge in [-0.2, -0.15) is 0 Å². The summed E-state index contributed by atoms with van der Waals surface area (Å²) >= 11 is 0. The molecule has 3 rings (SSSR count). The van der Waals surface area contributed by atoms with Gasteiger partial charge >= 0.3 is 5.97 Å². The van der Waals surface area contributed by atoms with Crippen molar-refractivity contribution in [3.05, 3.63) is 75.8 Å². The van der Waals surface area contributed by atoms with Crippen LogP contribution in [-0.4, -0.2) is 71.1 Å². The van der Waals surface area contributed by atoms with Crippen LogP contribution in [0.4, 0.5) is 5.69 Å². The standard InChI is InChI=1S/C23H27N3O6/c1-32-23(29)16-25(22(28)13-17-6-5-9-19(12-17)26(30)31)21(18-7-3-2-4-8-18)15-24-11-10-20(27)14-24/h2-9,12,20-21,27H,10-11,13-16H2,1H3. The van der Waals surface area contributed by atoms with Crippen molar-refractivity contribution in [1.82, 2.24) is 9.80 Å². The predicted molar refractivity (Wildman–Crippen MR) is 117 cm³/mol.